The van der Waals surface area contributed by atoms with Crippen molar-refractivity contribution in [2.75, 3.05) is 18.0 Å². The Kier molecular flexibility index (Phi) is 9.81. The summed E-state index contributed by atoms with van der Waals surface area (Å²) in [5.41, 5.74) is 4.32. The van der Waals surface area contributed by atoms with Crippen molar-refractivity contribution in [2.24, 2.45) is 5.92 Å². The van der Waals surface area contributed by atoms with Gasteiger partial charge in [-0.1, -0.05) is 114 Å². The molecule has 0 amide bonds. The molecule has 0 radical (unpaired) electrons. The number of rotatable bonds is 9. The van der Waals surface area contributed by atoms with Crippen LogP contribution in [0.2, 0.25) is 10.0 Å². The minimum atomic E-state index is -1.36. The molecule has 1 aromatic heterocycles. The number of halogens is 2. The van der Waals surface area contributed by atoms with Crippen LogP contribution >= 0.6 is 23.2 Å². The smallest absolute Gasteiger partial charge is 0.138 e. The number of hydrogen-bond acceptors (Lipinski definition) is 4. The minimum Gasteiger partial charge on any atom is -0.508 e. The van der Waals surface area contributed by atoms with E-state index >= 15 is 0 Å². The van der Waals surface area contributed by atoms with E-state index < -0.39 is 21.3 Å². The summed E-state index contributed by atoms with van der Waals surface area (Å²) < 4.78 is 18.3. The molecule has 1 unspecified atom stereocenters. The van der Waals surface area contributed by atoms with Crippen molar-refractivity contribution in [3.8, 4) is 5.75 Å². The van der Waals surface area contributed by atoms with Crippen molar-refractivity contribution in [1.82, 2.24) is 14.5 Å². The van der Waals surface area contributed by atoms with E-state index in [1.165, 1.54) is 6.07 Å². The Labute approximate surface area is 289 Å². The van der Waals surface area contributed by atoms with E-state index in [2.05, 4.69) is 93.3 Å². The summed E-state index contributed by atoms with van der Waals surface area (Å²) in [5.74, 6) is 0.151. The zero-order valence-corrected chi connectivity index (χ0v) is 29.1. The molecule has 4 aromatic carbocycles. The maximum Gasteiger partial charge on any atom is 0.138 e. The van der Waals surface area contributed by atoms with E-state index in [9.17, 15) is 9.32 Å². The van der Waals surface area contributed by atoms with Crippen molar-refractivity contribution >= 4 is 39.9 Å². The zero-order valence-electron chi connectivity index (χ0n) is 26.8. The molecule has 9 heteroatoms. The number of nitrogens with zero attached hydrogens (tertiary/aromatic N) is 3. The molecular formula is C38H40Cl2N4O2S. The molecule has 2 heterocycles. The van der Waals surface area contributed by atoms with E-state index in [4.69, 9.17) is 28.3 Å². The first-order valence-corrected chi connectivity index (χ1v) is 17.8. The van der Waals surface area contributed by atoms with Crippen LogP contribution in [0.4, 0.5) is 5.69 Å². The molecule has 1 saturated heterocycles. The molecule has 0 saturated carbocycles. The van der Waals surface area contributed by atoms with Crippen molar-refractivity contribution < 1.29 is 9.32 Å². The highest BCUT2D eigenvalue weighted by Gasteiger charge is 2.40. The number of aromatic nitrogens is 2. The van der Waals surface area contributed by atoms with Crippen LogP contribution in [0, 0.1) is 5.92 Å². The van der Waals surface area contributed by atoms with Crippen molar-refractivity contribution in [3.05, 3.63) is 148 Å². The monoisotopic (exact) mass is 686 g/mol. The summed E-state index contributed by atoms with van der Waals surface area (Å²) >= 11 is 12.6. The van der Waals surface area contributed by atoms with Gasteiger partial charge in [-0.15, -0.1) is 0 Å². The van der Waals surface area contributed by atoms with Gasteiger partial charge in [-0.05, 0) is 62.3 Å². The molecule has 2 N–H and O–H groups in total. The van der Waals surface area contributed by atoms with Crippen LogP contribution in [0.15, 0.2) is 116 Å². The van der Waals surface area contributed by atoms with Gasteiger partial charge in [-0.25, -0.2) is 8.93 Å². The van der Waals surface area contributed by atoms with E-state index in [1.807, 2.05) is 45.2 Å². The van der Waals surface area contributed by atoms with Crippen LogP contribution in [0.1, 0.15) is 61.9 Å². The maximum absolute atomic E-state index is 13.3. The molecule has 0 aliphatic carbocycles. The van der Waals surface area contributed by atoms with Gasteiger partial charge < -0.3 is 10.0 Å². The Morgan fingerprint density at radius 3 is 1.81 bits per heavy atom. The molecule has 1 aliphatic rings. The fourth-order valence-corrected chi connectivity index (χ4v) is 7.83. The molecule has 6 rings (SSSR count). The highest BCUT2D eigenvalue weighted by atomic mass is 35.5. The van der Waals surface area contributed by atoms with Crippen LogP contribution in [0.25, 0.3) is 0 Å². The van der Waals surface area contributed by atoms with Gasteiger partial charge in [0.1, 0.15) is 11.3 Å². The second kappa shape index (κ2) is 13.9. The summed E-state index contributed by atoms with van der Waals surface area (Å²) in [5, 5.41) is 16.6. The van der Waals surface area contributed by atoms with Crippen molar-refractivity contribution in [3.63, 3.8) is 0 Å². The Morgan fingerprint density at radius 1 is 0.830 bits per heavy atom. The number of piperidine rings is 1. The van der Waals surface area contributed by atoms with Gasteiger partial charge in [0.15, 0.2) is 0 Å². The molecule has 1 aliphatic heterocycles. The lowest BCUT2D eigenvalue weighted by molar-refractivity contribution is 0.321. The third-order valence-electron chi connectivity index (χ3n) is 9.06. The van der Waals surface area contributed by atoms with Gasteiger partial charge in [0.25, 0.3) is 0 Å². The molecule has 0 bridgehead atoms. The standard InChI is InChI=1S/C38H40Cl2N4O2S/c1-37(2,3)47(46)42-36(32-23-33(39)34(40)24-35(32)45)27-19-21-43(22-20-27)31-25-41-44(26-31)38(28-13-7-4-8-14-28,29-15-9-5-10-16-29)30-17-11-6-12-18-30/h4-18,23-27,36,42,45H,19-22H2,1-3H3/t36-,47?/m1/s1. The minimum absolute atomic E-state index is 0.0468. The first kappa shape index (κ1) is 33.3. The predicted octanol–water partition coefficient (Wildman–Crippen LogP) is 8.75. The lowest BCUT2D eigenvalue weighted by Gasteiger charge is -2.38. The number of aromatic hydroxyl groups is 1. The van der Waals surface area contributed by atoms with Gasteiger partial charge in [0.05, 0.1) is 49.9 Å². The quantitative estimate of drug-likeness (QED) is 0.152. The largest absolute Gasteiger partial charge is 0.508 e. The van der Waals surface area contributed by atoms with Gasteiger partial charge >= 0.3 is 0 Å². The van der Waals surface area contributed by atoms with E-state index in [0.29, 0.717) is 10.6 Å². The molecule has 0 spiro atoms. The first-order chi connectivity index (χ1) is 22.6. The van der Waals surface area contributed by atoms with Crippen molar-refractivity contribution in [1.29, 1.82) is 0 Å². The summed E-state index contributed by atoms with van der Waals surface area (Å²) in [6, 6.07) is 34.4. The fraction of sp³-hybridized carbons (Fsp3) is 0.289. The number of hydrogen-bond donors (Lipinski definition) is 2. The second-order valence-electron chi connectivity index (χ2n) is 13.1. The van der Waals surface area contributed by atoms with E-state index in [1.54, 1.807) is 6.07 Å². The lowest BCUT2D eigenvalue weighted by atomic mass is 9.77. The fourth-order valence-electron chi connectivity index (χ4n) is 6.59. The van der Waals surface area contributed by atoms with Crippen LogP contribution in [-0.4, -0.2) is 36.9 Å². The van der Waals surface area contributed by atoms with Gasteiger partial charge in [0.2, 0.25) is 0 Å². The van der Waals surface area contributed by atoms with Gasteiger partial charge in [-0.2, -0.15) is 5.10 Å². The number of nitrogens with one attached hydrogen (secondary N) is 1. The Bertz CT molecular complexity index is 1720. The topological polar surface area (TPSA) is 70.4 Å². The molecule has 244 valence electrons. The summed E-state index contributed by atoms with van der Waals surface area (Å²) in [4.78, 5) is 2.36. The number of anilines is 1. The summed E-state index contributed by atoms with van der Waals surface area (Å²) in [6.07, 6.45) is 5.73. The van der Waals surface area contributed by atoms with Crippen LogP contribution in [-0.2, 0) is 16.5 Å². The molecule has 2 atom stereocenters. The van der Waals surface area contributed by atoms with Gasteiger partial charge in [-0.3, -0.25) is 4.68 Å². The number of benzene rings is 4. The highest BCUT2D eigenvalue weighted by Crippen LogP contribution is 2.43. The third kappa shape index (κ3) is 6.72. The van der Waals surface area contributed by atoms with Crippen LogP contribution in [0.5, 0.6) is 5.75 Å². The van der Waals surface area contributed by atoms with E-state index in [-0.39, 0.29) is 22.7 Å². The van der Waals surface area contributed by atoms with Gasteiger partial charge in [0, 0.05) is 24.7 Å². The average Bonchev–Trinajstić information content (AvgIpc) is 3.57. The molecule has 5 aromatic rings. The molecule has 1 fully saturated rings. The van der Waals surface area contributed by atoms with E-state index in [0.717, 1.165) is 48.3 Å². The number of phenols is 1. The Hall–Kier alpha value is -3.62. The highest BCUT2D eigenvalue weighted by molar-refractivity contribution is 7.84. The zero-order chi connectivity index (χ0) is 33.2. The average molecular weight is 688 g/mol. The SMILES string of the molecule is CC(C)(C)S(=O)N[C@@H](c1cc(Cl)c(Cl)cc1O)C1CCN(c2cnn(C(c3ccccc3)(c3ccccc3)c3ccccc3)c2)CC1. The lowest BCUT2D eigenvalue weighted by Crippen LogP contribution is -2.42. The molecule has 47 heavy (non-hydrogen) atoms. The summed E-state index contributed by atoms with van der Waals surface area (Å²) in [7, 11) is -1.36. The number of phenolic OH excluding ortho intramolecular Hbond substituents is 1. The molecular weight excluding hydrogens is 647 g/mol. The second-order valence-corrected chi connectivity index (χ2v) is 15.9. The molecule has 6 nitrogen and oxygen atoms in total. The predicted molar refractivity (Wildman–Crippen MR) is 194 cm³/mol. The van der Waals surface area contributed by atoms with Crippen molar-refractivity contribution in [2.45, 2.75) is 49.9 Å². The normalized spacial score (nSPS) is 15.8. The maximum atomic E-state index is 13.3. The first-order valence-electron chi connectivity index (χ1n) is 15.9. The van der Waals surface area contributed by atoms with Crippen LogP contribution in [0.3, 0.4) is 0 Å². The Morgan fingerprint density at radius 2 is 1.32 bits per heavy atom. The van der Waals surface area contributed by atoms with Crippen LogP contribution < -0.4 is 9.62 Å². The Balaban J connectivity index is 1.32. The third-order valence-corrected chi connectivity index (χ3v) is 11.4. The summed E-state index contributed by atoms with van der Waals surface area (Å²) in [6.45, 7) is 7.34.